The van der Waals surface area contributed by atoms with Gasteiger partial charge in [0.1, 0.15) is 5.60 Å². The number of hydrogen-bond acceptors (Lipinski definition) is 5. The molecule has 3 heterocycles. The molecule has 0 atom stereocenters. The zero-order valence-electron chi connectivity index (χ0n) is 16.8. The van der Waals surface area contributed by atoms with Gasteiger partial charge in [0.15, 0.2) is 5.69 Å². The van der Waals surface area contributed by atoms with Crippen molar-refractivity contribution in [1.29, 1.82) is 0 Å². The van der Waals surface area contributed by atoms with Crippen molar-refractivity contribution < 1.29 is 19.4 Å². The molecule has 2 aliphatic rings. The molecular formula is C21H25N3O4S. The molecule has 1 aromatic heterocycles. The van der Waals surface area contributed by atoms with Crippen LogP contribution in [0.4, 0.5) is 4.79 Å². The Morgan fingerprint density at radius 2 is 1.90 bits per heavy atom. The van der Waals surface area contributed by atoms with Crippen LogP contribution in [-0.4, -0.2) is 50.5 Å². The number of ether oxygens (including phenoxy) is 1. The number of fused-ring (bicyclic) bond motifs is 3. The van der Waals surface area contributed by atoms with Gasteiger partial charge in [-0.3, -0.25) is 4.68 Å². The standard InChI is InChI=1S/C21H25N3O4S/c1-21(2,3)28-20(27)23-10-8-13(9-11-23)24-18-14-6-4-5-7-16(14)29-12-15(18)17(22-24)19(25)26/h4-7,13H,8-12H2,1-3H3,(H,25,26). The van der Waals surface area contributed by atoms with Gasteiger partial charge >= 0.3 is 12.1 Å². The Bertz CT molecular complexity index is 955. The molecule has 1 N–H and O–H groups in total. The van der Waals surface area contributed by atoms with E-state index >= 15 is 0 Å². The lowest BCUT2D eigenvalue weighted by Crippen LogP contribution is -2.42. The molecule has 0 saturated carbocycles. The van der Waals surface area contributed by atoms with Crippen molar-refractivity contribution in [1.82, 2.24) is 14.7 Å². The molecule has 2 aromatic rings. The van der Waals surface area contributed by atoms with Crippen molar-refractivity contribution >= 4 is 23.8 Å². The van der Waals surface area contributed by atoms with Crippen molar-refractivity contribution in [2.24, 2.45) is 0 Å². The summed E-state index contributed by atoms with van der Waals surface area (Å²) in [5.41, 5.74) is 2.35. The van der Waals surface area contributed by atoms with E-state index in [1.54, 1.807) is 16.7 Å². The Balaban J connectivity index is 1.61. The molecule has 8 heteroatoms. The molecule has 0 aliphatic carbocycles. The van der Waals surface area contributed by atoms with Gasteiger partial charge in [0.25, 0.3) is 0 Å². The number of carbonyl (C=O) groups excluding carboxylic acids is 1. The van der Waals surface area contributed by atoms with Gasteiger partial charge in [-0.15, -0.1) is 11.8 Å². The van der Waals surface area contributed by atoms with Crippen LogP contribution in [0.3, 0.4) is 0 Å². The maximum atomic E-state index is 12.3. The van der Waals surface area contributed by atoms with Crippen molar-refractivity contribution in [3.63, 3.8) is 0 Å². The summed E-state index contributed by atoms with van der Waals surface area (Å²) >= 11 is 1.65. The monoisotopic (exact) mass is 415 g/mol. The molecule has 154 valence electrons. The predicted molar refractivity (Wildman–Crippen MR) is 110 cm³/mol. The summed E-state index contributed by atoms with van der Waals surface area (Å²) in [6.45, 7) is 6.70. The number of likely N-dealkylation sites (tertiary alicyclic amines) is 1. The summed E-state index contributed by atoms with van der Waals surface area (Å²) in [6, 6.07) is 8.10. The molecule has 29 heavy (non-hydrogen) atoms. The lowest BCUT2D eigenvalue weighted by atomic mass is 10.0. The van der Waals surface area contributed by atoms with Gasteiger partial charge in [0.05, 0.1) is 11.7 Å². The largest absolute Gasteiger partial charge is 0.476 e. The number of carbonyl (C=O) groups is 2. The maximum absolute atomic E-state index is 12.3. The lowest BCUT2D eigenvalue weighted by Gasteiger charge is -2.34. The van der Waals surface area contributed by atoms with E-state index in [0.717, 1.165) is 21.7 Å². The highest BCUT2D eigenvalue weighted by Crippen LogP contribution is 2.44. The first-order valence-corrected chi connectivity index (χ1v) is 10.8. The Morgan fingerprint density at radius 1 is 1.21 bits per heavy atom. The minimum Gasteiger partial charge on any atom is -0.476 e. The second-order valence-corrected chi connectivity index (χ2v) is 9.43. The van der Waals surface area contributed by atoms with Crippen LogP contribution in [0.2, 0.25) is 0 Å². The molecule has 4 rings (SSSR count). The van der Waals surface area contributed by atoms with Crippen LogP contribution in [0, 0.1) is 0 Å². The van der Waals surface area contributed by atoms with E-state index in [0.29, 0.717) is 31.7 Å². The molecule has 7 nitrogen and oxygen atoms in total. The molecule has 0 spiro atoms. The number of piperidine rings is 1. The zero-order chi connectivity index (χ0) is 20.8. The summed E-state index contributed by atoms with van der Waals surface area (Å²) in [5.74, 6) is -0.392. The average Bonchev–Trinajstić information content (AvgIpc) is 3.07. The Kier molecular flexibility index (Phi) is 5.06. The van der Waals surface area contributed by atoms with Gasteiger partial charge in [0, 0.05) is 34.9 Å². The van der Waals surface area contributed by atoms with Gasteiger partial charge in [-0.25, -0.2) is 9.59 Å². The summed E-state index contributed by atoms with van der Waals surface area (Å²) in [5, 5.41) is 14.2. The maximum Gasteiger partial charge on any atom is 0.410 e. The first kappa shape index (κ1) is 19.8. The predicted octanol–water partition coefficient (Wildman–Crippen LogP) is 4.43. The third-order valence-electron chi connectivity index (χ3n) is 5.19. The van der Waals surface area contributed by atoms with E-state index < -0.39 is 11.6 Å². The van der Waals surface area contributed by atoms with E-state index in [2.05, 4.69) is 11.2 Å². The second-order valence-electron chi connectivity index (χ2n) is 8.41. The van der Waals surface area contributed by atoms with E-state index in [-0.39, 0.29) is 17.8 Å². The smallest absolute Gasteiger partial charge is 0.410 e. The fourth-order valence-electron chi connectivity index (χ4n) is 3.88. The van der Waals surface area contributed by atoms with Crippen LogP contribution < -0.4 is 0 Å². The number of aromatic carboxylic acids is 1. The molecular weight excluding hydrogens is 390 g/mol. The fourth-order valence-corrected chi connectivity index (χ4v) is 4.95. The number of aromatic nitrogens is 2. The molecule has 0 unspecified atom stereocenters. The van der Waals surface area contributed by atoms with Crippen LogP contribution in [-0.2, 0) is 10.5 Å². The number of carboxylic acids is 1. The molecule has 1 amide bonds. The lowest BCUT2D eigenvalue weighted by molar-refractivity contribution is 0.0185. The summed E-state index contributed by atoms with van der Waals surface area (Å²) < 4.78 is 7.37. The fraction of sp³-hybridized carbons (Fsp3) is 0.476. The third-order valence-corrected chi connectivity index (χ3v) is 6.29. The van der Waals surface area contributed by atoms with E-state index in [1.807, 2.05) is 43.7 Å². The van der Waals surface area contributed by atoms with Crippen molar-refractivity contribution in [3.05, 3.63) is 35.5 Å². The summed E-state index contributed by atoms with van der Waals surface area (Å²) in [4.78, 5) is 27.0. The average molecular weight is 416 g/mol. The van der Waals surface area contributed by atoms with E-state index in [4.69, 9.17) is 4.74 Å². The molecule has 1 fully saturated rings. The van der Waals surface area contributed by atoms with Crippen molar-refractivity contribution in [2.75, 3.05) is 13.1 Å². The Hall–Kier alpha value is -2.48. The van der Waals surface area contributed by atoms with Gasteiger partial charge in [-0.1, -0.05) is 18.2 Å². The van der Waals surface area contributed by atoms with Gasteiger partial charge in [0.2, 0.25) is 0 Å². The third kappa shape index (κ3) is 3.85. The highest BCUT2D eigenvalue weighted by Gasteiger charge is 2.34. The molecule has 1 aromatic carbocycles. The first-order chi connectivity index (χ1) is 13.7. The highest BCUT2D eigenvalue weighted by molar-refractivity contribution is 7.98. The number of carboxylic acid groups (broad SMARTS) is 1. The topological polar surface area (TPSA) is 84.7 Å². The number of hydrogen-bond donors (Lipinski definition) is 1. The van der Waals surface area contributed by atoms with Crippen molar-refractivity contribution in [2.45, 2.75) is 55.9 Å². The number of thioether (sulfide) groups is 1. The Labute approximate surface area is 174 Å². The van der Waals surface area contributed by atoms with Gasteiger partial charge in [-0.2, -0.15) is 5.10 Å². The van der Waals surface area contributed by atoms with E-state index in [1.165, 1.54) is 0 Å². The Morgan fingerprint density at radius 3 is 2.55 bits per heavy atom. The number of nitrogens with zero attached hydrogens (tertiary/aromatic N) is 3. The van der Waals surface area contributed by atoms with Crippen LogP contribution in [0.25, 0.3) is 11.3 Å². The molecule has 1 saturated heterocycles. The minimum atomic E-state index is -0.994. The highest BCUT2D eigenvalue weighted by atomic mass is 32.2. The second kappa shape index (κ2) is 7.40. The quantitative estimate of drug-likeness (QED) is 0.781. The summed E-state index contributed by atoms with van der Waals surface area (Å²) in [7, 11) is 0. The van der Waals surface area contributed by atoms with Gasteiger partial charge in [-0.05, 0) is 39.7 Å². The van der Waals surface area contributed by atoms with Gasteiger partial charge < -0.3 is 14.7 Å². The molecule has 0 radical (unpaired) electrons. The SMILES string of the molecule is CC(C)(C)OC(=O)N1CCC(n2nc(C(=O)O)c3c2-c2ccccc2SC3)CC1. The van der Waals surface area contributed by atoms with Crippen LogP contribution >= 0.6 is 11.8 Å². The number of amides is 1. The number of rotatable bonds is 2. The van der Waals surface area contributed by atoms with Crippen LogP contribution in [0.1, 0.15) is 55.7 Å². The van der Waals surface area contributed by atoms with Crippen molar-refractivity contribution in [3.8, 4) is 11.3 Å². The van der Waals surface area contributed by atoms with E-state index in [9.17, 15) is 14.7 Å². The first-order valence-electron chi connectivity index (χ1n) is 9.79. The summed E-state index contributed by atoms with van der Waals surface area (Å²) in [6.07, 6.45) is 1.12. The molecule has 2 aliphatic heterocycles. The molecule has 0 bridgehead atoms. The normalized spacial score (nSPS) is 16.9. The minimum absolute atomic E-state index is 0.0479. The van der Waals surface area contributed by atoms with Crippen LogP contribution in [0.15, 0.2) is 29.2 Å². The van der Waals surface area contributed by atoms with Crippen LogP contribution in [0.5, 0.6) is 0 Å². The zero-order valence-corrected chi connectivity index (χ0v) is 17.7. The number of benzene rings is 1.